The van der Waals surface area contributed by atoms with E-state index in [0.717, 1.165) is 16.1 Å². The molecular formula is C15H13N3O3S. The molecule has 0 atom stereocenters. The van der Waals surface area contributed by atoms with E-state index >= 15 is 0 Å². The molecule has 0 N–H and O–H groups in total. The highest BCUT2D eigenvalue weighted by Crippen LogP contribution is 2.30. The molecule has 3 rings (SSSR count). The van der Waals surface area contributed by atoms with Gasteiger partial charge in [-0.1, -0.05) is 0 Å². The number of hydrogen-bond acceptors (Lipinski definition) is 6. The van der Waals surface area contributed by atoms with E-state index in [1.165, 1.54) is 28.3 Å². The molecule has 0 spiro atoms. The average Bonchev–Trinajstić information content (AvgIpc) is 3.07. The van der Waals surface area contributed by atoms with Gasteiger partial charge in [0.25, 0.3) is 0 Å². The van der Waals surface area contributed by atoms with Crippen LogP contribution in [0, 0.1) is 13.8 Å². The fourth-order valence-corrected chi connectivity index (χ4v) is 3.20. The van der Waals surface area contributed by atoms with Crippen LogP contribution < -0.4 is 5.63 Å². The van der Waals surface area contributed by atoms with Gasteiger partial charge in [-0.25, -0.2) is 14.8 Å². The minimum absolute atomic E-state index is 0.0958. The van der Waals surface area contributed by atoms with Gasteiger partial charge < -0.3 is 4.42 Å². The third-order valence-electron chi connectivity index (χ3n) is 3.09. The monoisotopic (exact) mass is 315 g/mol. The van der Waals surface area contributed by atoms with Crippen LogP contribution in [-0.2, 0) is 6.42 Å². The van der Waals surface area contributed by atoms with Gasteiger partial charge >= 0.3 is 5.63 Å². The van der Waals surface area contributed by atoms with Crippen molar-refractivity contribution in [2.75, 3.05) is 0 Å². The van der Waals surface area contributed by atoms with E-state index in [9.17, 15) is 9.59 Å². The Morgan fingerprint density at radius 1 is 1.36 bits per heavy atom. The Bertz CT molecular complexity index is 878. The van der Waals surface area contributed by atoms with Crippen molar-refractivity contribution in [1.29, 1.82) is 0 Å². The van der Waals surface area contributed by atoms with E-state index in [4.69, 9.17) is 4.42 Å². The minimum Gasteiger partial charge on any atom is -0.428 e. The lowest BCUT2D eigenvalue weighted by Crippen LogP contribution is -2.11. The van der Waals surface area contributed by atoms with Gasteiger partial charge in [-0.2, -0.15) is 0 Å². The third-order valence-corrected chi connectivity index (χ3v) is 4.30. The normalized spacial score (nSPS) is 10.8. The summed E-state index contributed by atoms with van der Waals surface area (Å²) in [6, 6.07) is 3.23. The molecule has 0 radical (unpaired) electrons. The van der Waals surface area contributed by atoms with Gasteiger partial charge in [0.15, 0.2) is 0 Å². The average molecular weight is 315 g/mol. The number of imidazole rings is 1. The number of aryl methyl sites for hydroxylation is 2. The first-order valence-electron chi connectivity index (χ1n) is 6.62. The van der Waals surface area contributed by atoms with E-state index in [2.05, 4.69) is 9.97 Å². The van der Waals surface area contributed by atoms with Crippen LogP contribution in [0.5, 0.6) is 0 Å². The Morgan fingerprint density at radius 2 is 2.18 bits per heavy atom. The standard InChI is InChI=1S/C15H13N3O3S/c1-9-5-11(6-14(20)21-9)15-10(2)17-12(22-15)7-13(19)18-4-3-16-8-18/h3-6,8H,7H2,1-2H3. The SMILES string of the molecule is Cc1cc(-c2sc(CC(=O)n3ccnc3)nc2C)cc(=O)o1. The second-order valence-corrected chi connectivity index (χ2v) is 5.92. The largest absolute Gasteiger partial charge is 0.428 e. The molecule has 7 heteroatoms. The fourth-order valence-electron chi connectivity index (χ4n) is 2.16. The first kappa shape index (κ1) is 14.4. The molecule has 3 aromatic heterocycles. The zero-order chi connectivity index (χ0) is 15.7. The third kappa shape index (κ3) is 2.89. The molecule has 22 heavy (non-hydrogen) atoms. The van der Waals surface area contributed by atoms with Crippen LogP contribution >= 0.6 is 11.3 Å². The zero-order valence-corrected chi connectivity index (χ0v) is 12.9. The molecule has 3 aromatic rings. The summed E-state index contributed by atoms with van der Waals surface area (Å²) in [5.74, 6) is 0.452. The summed E-state index contributed by atoms with van der Waals surface area (Å²) >= 11 is 1.41. The van der Waals surface area contributed by atoms with Gasteiger partial charge in [0.05, 0.1) is 17.0 Å². The second kappa shape index (κ2) is 5.69. The molecule has 0 fully saturated rings. The zero-order valence-electron chi connectivity index (χ0n) is 12.1. The summed E-state index contributed by atoms with van der Waals surface area (Å²) in [7, 11) is 0. The van der Waals surface area contributed by atoms with Gasteiger partial charge in [0.2, 0.25) is 5.91 Å². The highest BCUT2D eigenvalue weighted by atomic mass is 32.1. The Kier molecular flexibility index (Phi) is 3.72. The number of hydrogen-bond donors (Lipinski definition) is 0. The molecule has 0 aliphatic heterocycles. The van der Waals surface area contributed by atoms with Crippen LogP contribution in [0.2, 0.25) is 0 Å². The van der Waals surface area contributed by atoms with Crippen molar-refractivity contribution >= 4 is 17.2 Å². The smallest absolute Gasteiger partial charge is 0.336 e. The van der Waals surface area contributed by atoms with Gasteiger partial charge in [-0.15, -0.1) is 11.3 Å². The molecule has 0 aliphatic carbocycles. The highest BCUT2D eigenvalue weighted by molar-refractivity contribution is 7.15. The molecule has 0 saturated heterocycles. The molecule has 3 heterocycles. The lowest BCUT2D eigenvalue weighted by atomic mass is 10.2. The molecular weight excluding hydrogens is 302 g/mol. The molecule has 112 valence electrons. The van der Waals surface area contributed by atoms with Crippen LogP contribution in [0.15, 0.2) is 40.1 Å². The Balaban J connectivity index is 1.91. The number of carbonyl (C=O) groups is 1. The van der Waals surface area contributed by atoms with Crippen LogP contribution in [-0.4, -0.2) is 20.4 Å². The molecule has 0 bridgehead atoms. The van der Waals surface area contributed by atoms with Gasteiger partial charge in [-0.3, -0.25) is 9.36 Å². The lowest BCUT2D eigenvalue weighted by molar-refractivity contribution is 0.0914. The molecule has 6 nitrogen and oxygen atoms in total. The van der Waals surface area contributed by atoms with E-state index < -0.39 is 0 Å². The summed E-state index contributed by atoms with van der Waals surface area (Å²) in [4.78, 5) is 32.7. The van der Waals surface area contributed by atoms with Crippen molar-refractivity contribution in [1.82, 2.24) is 14.5 Å². The van der Waals surface area contributed by atoms with Crippen molar-refractivity contribution in [3.63, 3.8) is 0 Å². The fraction of sp³-hybridized carbons (Fsp3) is 0.200. The number of nitrogens with zero attached hydrogens (tertiary/aromatic N) is 3. The first-order valence-corrected chi connectivity index (χ1v) is 7.44. The second-order valence-electron chi connectivity index (χ2n) is 4.84. The maximum Gasteiger partial charge on any atom is 0.336 e. The number of carbonyl (C=O) groups excluding carboxylic acids is 1. The van der Waals surface area contributed by atoms with Gasteiger partial charge in [-0.05, 0) is 19.9 Å². The molecule has 0 aromatic carbocycles. The van der Waals surface area contributed by atoms with Crippen molar-refractivity contribution < 1.29 is 9.21 Å². The van der Waals surface area contributed by atoms with E-state index in [-0.39, 0.29) is 18.0 Å². The quantitative estimate of drug-likeness (QED) is 0.742. The number of rotatable bonds is 3. The maximum absolute atomic E-state index is 12.1. The van der Waals surface area contributed by atoms with Crippen molar-refractivity contribution in [2.24, 2.45) is 0 Å². The summed E-state index contributed by atoms with van der Waals surface area (Å²) in [6.45, 7) is 3.59. The molecule has 0 saturated carbocycles. The van der Waals surface area contributed by atoms with E-state index in [0.29, 0.717) is 10.8 Å². The van der Waals surface area contributed by atoms with Crippen molar-refractivity contribution in [2.45, 2.75) is 20.3 Å². The van der Waals surface area contributed by atoms with Crippen LogP contribution in [0.1, 0.15) is 21.3 Å². The van der Waals surface area contributed by atoms with E-state index in [1.807, 2.05) is 6.92 Å². The molecule has 0 aliphatic rings. The van der Waals surface area contributed by atoms with Crippen LogP contribution in [0.4, 0.5) is 0 Å². The maximum atomic E-state index is 12.1. The highest BCUT2D eigenvalue weighted by Gasteiger charge is 2.14. The molecule has 0 unspecified atom stereocenters. The minimum atomic E-state index is -0.390. The van der Waals surface area contributed by atoms with E-state index in [1.54, 1.807) is 25.4 Å². The number of aromatic nitrogens is 3. The van der Waals surface area contributed by atoms with Crippen molar-refractivity contribution in [3.05, 3.63) is 57.7 Å². The predicted molar refractivity (Wildman–Crippen MR) is 82.1 cm³/mol. The summed E-state index contributed by atoms with van der Waals surface area (Å²) in [5.41, 5.74) is 1.17. The summed E-state index contributed by atoms with van der Waals surface area (Å²) in [5, 5.41) is 0.706. The van der Waals surface area contributed by atoms with Crippen LogP contribution in [0.25, 0.3) is 10.4 Å². The Hall–Kier alpha value is -2.54. The Labute approximate surface area is 130 Å². The van der Waals surface area contributed by atoms with Gasteiger partial charge in [0.1, 0.15) is 17.1 Å². The Morgan fingerprint density at radius 3 is 2.86 bits per heavy atom. The topological polar surface area (TPSA) is 78.0 Å². The van der Waals surface area contributed by atoms with Crippen LogP contribution in [0.3, 0.4) is 0 Å². The predicted octanol–water partition coefficient (Wildman–Crippen LogP) is 2.46. The summed E-state index contributed by atoms with van der Waals surface area (Å²) in [6.07, 6.45) is 4.83. The number of thiazole rings is 1. The van der Waals surface area contributed by atoms with Crippen molar-refractivity contribution in [3.8, 4) is 10.4 Å². The summed E-state index contributed by atoms with van der Waals surface area (Å²) < 4.78 is 6.39. The van der Waals surface area contributed by atoms with Gasteiger partial charge in [0, 0.05) is 24.0 Å². The lowest BCUT2D eigenvalue weighted by Gasteiger charge is -1.98. The molecule has 0 amide bonds. The first-order chi connectivity index (χ1) is 10.5.